The highest BCUT2D eigenvalue weighted by Crippen LogP contribution is 2.46. The number of nitrogens with one attached hydrogen (secondary N) is 1. The fourth-order valence-electron chi connectivity index (χ4n) is 2.76. The summed E-state index contributed by atoms with van der Waals surface area (Å²) < 4.78 is 0. The fourth-order valence-corrected chi connectivity index (χ4v) is 3.22. The molecule has 0 radical (unpaired) electrons. The number of pyridine rings is 1. The topological polar surface area (TPSA) is 28.2 Å². The average molecular weight is 286 g/mol. The monoisotopic (exact) mass is 285 g/mol. The van der Waals surface area contributed by atoms with Crippen LogP contribution in [-0.2, 0) is 0 Å². The van der Waals surface area contributed by atoms with E-state index in [4.69, 9.17) is 23.2 Å². The zero-order chi connectivity index (χ0) is 12.5. The van der Waals surface area contributed by atoms with E-state index in [1.165, 1.54) is 12.8 Å². The molecular formula is C13H17Cl2N3. The number of halogens is 2. The molecule has 2 aliphatic rings. The van der Waals surface area contributed by atoms with Gasteiger partial charge in [0.15, 0.2) is 0 Å². The Kier molecular flexibility index (Phi) is 3.76. The molecule has 98 valence electrons. The van der Waals surface area contributed by atoms with E-state index >= 15 is 0 Å². The van der Waals surface area contributed by atoms with E-state index in [2.05, 4.69) is 15.2 Å². The Labute approximate surface area is 117 Å². The normalized spacial score (nSPS) is 23.0. The van der Waals surface area contributed by atoms with E-state index < -0.39 is 0 Å². The van der Waals surface area contributed by atoms with E-state index in [1.54, 1.807) is 0 Å². The lowest BCUT2D eigenvalue weighted by molar-refractivity contribution is 0.156. The molecule has 1 atom stereocenters. The molecule has 1 aliphatic carbocycles. The highest BCUT2D eigenvalue weighted by molar-refractivity contribution is 6.32. The van der Waals surface area contributed by atoms with Crippen LogP contribution in [0, 0.1) is 5.92 Å². The maximum absolute atomic E-state index is 6.28. The molecule has 2 fully saturated rings. The molecular weight excluding hydrogens is 269 g/mol. The maximum Gasteiger partial charge on any atom is 0.135 e. The van der Waals surface area contributed by atoms with Crippen molar-refractivity contribution in [1.82, 2.24) is 15.2 Å². The second kappa shape index (κ2) is 5.33. The molecule has 0 aromatic carbocycles. The van der Waals surface area contributed by atoms with Crippen molar-refractivity contribution in [1.29, 1.82) is 0 Å². The predicted molar refractivity (Wildman–Crippen MR) is 74.2 cm³/mol. The van der Waals surface area contributed by atoms with Crippen LogP contribution in [0.1, 0.15) is 24.4 Å². The number of hydrogen-bond donors (Lipinski definition) is 1. The first kappa shape index (κ1) is 12.7. The molecule has 2 heterocycles. The Balaban J connectivity index is 1.88. The zero-order valence-electron chi connectivity index (χ0n) is 10.2. The highest BCUT2D eigenvalue weighted by Gasteiger charge is 2.37. The number of hydrogen-bond acceptors (Lipinski definition) is 3. The number of rotatable bonds is 3. The van der Waals surface area contributed by atoms with E-state index in [0.29, 0.717) is 16.3 Å². The first-order chi connectivity index (χ1) is 8.75. The van der Waals surface area contributed by atoms with Gasteiger partial charge in [0.05, 0.1) is 0 Å². The Morgan fingerprint density at radius 2 is 1.94 bits per heavy atom. The van der Waals surface area contributed by atoms with Gasteiger partial charge in [0.1, 0.15) is 10.3 Å². The molecule has 5 heteroatoms. The van der Waals surface area contributed by atoms with Crippen LogP contribution in [-0.4, -0.2) is 36.1 Å². The summed E-state index contributed by atoms with van der Waals surface area (Å²) in [5, 5.41) is 4.43. The molecule has 0 bridgehead atoms. The van der Waals surface area contributed by atoms with Gasteiger partial charge in [0.2, 0.25) is 0 Å². The average Bonchev–Trinajstić information content (AvgIpc) is 3.18. The minimum absolute atomic E-state index is 0.421. The molecule has 0 unspecified atom stereocenters. The van der Waals surface area contributed by atoms with E-state index in [-0.39, 0.29) is 0 Å². The standard InChI is InChI=1S/C13H17Cl2N3/c14-11-4-3-10(13(15)17-11)12(9-1-2-9)18-7-5-16-6-8-18/h3-4,9,12,16H,1-2,5-8H2/t12-/m1/s1. The summed E-state index contributed by atoms with van der Waals surface area (Å²) in [6, 6.07) is 4.31. The molecule has 1 N–H and O–H groups in total. The van der Waals surface area contributed by atoms with Crippen molar-refractivity contribution >= 4 is 23.2 Å². The lowest BCUT2D eigenvalue weighted by Gasteiger charge is -2.35. The van der Waals surface area contributed by atoms with E-state index in [0.717, 1.165) is 37.7 Å². The minimum atomic E-state index is 0.421. The quantitative estimate of drug-likeness (QED) is 0.866. The Morgan fingerprint density at radius 3 is 2.56 bits per heavy atom. The van der Waals surface area contributed by atoms with Crippen LogP contribution < -0.4 is 5.32 Å². The maximum atomic E-state index is 6.28. The molecule has 0 amide bonds. The number of aromatic nitrogens is 1. The largest absolute Gasteiger partial charge is 0.314 e. The van der Waals surface area contributed by atoms with E-state index in [9.17, 15) is 0 Å². The summed E-state index contributed by atoms with van der Waals surface area (Å²) in [6.45, 7) is 4.28. The van der Waals surface area contributed by atoms with Crippen LogP contribution >= 0.6 is 23.2 Å². The summed E-state index contributed by atoms with van der Waals surface area (Å²) >= 11 is 12.2. The third kappa shape index (κ3) is 2.64. The van der Waals surface area contributed by atoms with Crippen molar-refractivity contribution in [3.63, 3.8) is 0 Å². The van der Waals surface area contributed by atoms with Crippen molar-refractivity contribution in [2.24, 2.45) is 5.92 Å². The van der Waals surface area contributed by atoms with Gasteiger partial charge in [0, 0.05) is 37.8 Å². The molecule has 3 rings (SSSR count). The van der Waals surface area contributed by atoms with Crippen LogP contribution in [0.25, 0.3) is 0 Å². The Bertz CT molecular complexity index is 428. The van der Waals surface area contributed by atoms with Crippen molar-refractivity contribution in [3.8, 4) is 0 Å². The summed E-state index contributed by atoms with van der Waals surface area (Å²) in [4.78, 5) is 6.72. The number of piperazine rings is 1. The third-order valence-corrected chi connectivity index (χ3v) is 4.29. The van der Waals surface area contributed by atoms with Gasteiger partial charge in [-0.05, 0) is 24.8 Å². The Morgan fingerprint density at radius 1 is 1.22 bits per heavy atom. The molecule has 1 saturated heterocycles. The lowest BCUT2D eigenvalue weighted by Crippen LogP contribution is -2.45. The molecule has 1 aromatic heterocycles. The molecule has 0 spiro atoms. The van der Waals surface area contributed by atoms with Crippen molar-refractivity contribution in [2.75, 3.05) is 26.2 Å². The molecule has 1 aliphatic heterocycles. The lowest BCUT2D eigenvalue weighted by atomic mass is 10.0. The van der Waals surface area contributed by atoms with Gasteiger partial charge in [0.25, 0.3) is 0 Å². The fraction of sp³-hybridized carbons (Fsp3) is 0.615. The van der Waals surface area contributed by atoms with Crippen LogP contribution in [0.5, 0.6) is 0 Å². The minimum Gasteiger partial charge on any atom is -0.314 e. The highest BCUT2D eigenvalue weighted by atomic mass is 35.5. The number of nitrogens with zero attached hydrogens (tertiary/aromatic N) is 2. The molecule has 1 saturated carbocycles. The zero-order valence-corrected chi connectivity index (χ0v) is 11.7. The van der Waals surface area contributed by atoms with Gasteiger partial charge in [-0.15, -0.1) is 0 Å². The summed E-state index contributed by atoms with van der Waals surface area (Å²) in [5.74, 6) is 0.739. The molecule has 18 heavy (non-hydrogen) atoms. The van der Waals surface area contributed by atoms with Crippen LogP contribution in [0.3, 0.4) is 0 Å². The first-order valence-electron chi connectivity index (χ1n) is 6.52. The van der Waals surface area contributed by atoms with Gasteiger partial charge in [-0.3, -0.25) is 4.90 Å². The van der Waals surface area contributed by atoms with E-state index in [1.807, 2.05) is 12.1 Å². The van der Waals surface area contributed by atoms with Crippen molar-refractivity contribution < 1.29 is 0 Å². The summed E-state index contributed by atoms with van der Waals surface area (Å²) in [7, 11) is 0. The SMILES string of the molecule is Clc1ccc([C@@H](C2CC2)N2CCNCC2)c(Cl)n1. The van der Waals surface area contributed by atoms with Crippen molar-refractivity contribution in [3.05, 3.63) is 28.0 Å². The van der Waals surface area contributed by atoms with Gasteiger partial charge < -0.3 is 5.32 Å². The predicted octanol–water partition coefficient (Wildman–Crippen LogP) is 2.74. The third-order valence-electron chi connectivity index (χ3n) is 3.78. The summed E-state index contributed by atoms with van der Waals surface area (Å²) in [5.41, 5.74) is 1.14. The van der Waals surface area contributed by atoms with Crippen LogP contribution in [0.4, 0.5) is 0 Å². The first-order valence-corrected chi connectivity index (χ1v) is 7.28. The van der Waals surface area contributed by atoms with Gasteiger partial charge in [-0.25, -0.2) is 4.98 Å². The van der Waals surface area contributed by atoms with Gasteiger partial charge in [-0.2, -0.15) is 0 Å². The summed E-state index contributed by atoms with van der Waals surface area (Å²) in [6.07, 6.45) is 2.60. The second-order valence-electron chi connectivity index (χ2n) is 5.08. The smallest absolute Gasteiger partial charge is 0.135 e. The molecule has 3 nitrogen and oxygen atoms in total. The second-order valence-corrected chi connectivity index (χ2v) is 5.83. The van der Waals surface area contributed by atoms with Gasteiger partial charge >= 0.3 is 0 Å². The molecule has 1 aromatic rings. The Hall–Kier alpha value is -0.350. The van der Waals surface area contributed by atoms with Crippen LogP contribution in [0.2, 0.25) is 10.3 Å². The van der Waals surface area contributed by atoms with Crippen molar-refractivity contribution in [2.45, 2.75) is 18.9 Å². The van der Waals surface area contributed by atoms with Gasteiger partial charge in [-0.1, -0.05) is 29.3 Å². The van der Waals surface area contributed by atoms with Crippen LogP contribution in [0.15, 0.2) is 12.1 Å².